The number of hydrogen-bond acceptors (Lipinski definition) is 4. The first-order valence-corrected chi connectivity index (χ1v) is 9.51. The number of carbonyl (C=O) groups excluding carboxylic acids is 2. The zero-order chi connectivity index (χ0) is 19.1. The number of methoxy groups -OCH3 is 1. The summed E-state index contributed by atoms with van der Waals surface area (Å²) in [4.78, 5) is 24.3. The van der Waals surface area contributed by atoms with Gasteiger partial charge in [-0.3, -0.25) is 9.59 Å². The van der Waals surface area contributed by atoms with Gasteiger partial charge in [-0.25, -0.2) is 0 Å². The number of hydrogen-bond donors (Lipinski definition) is 2. The molecule has 2 aromatic carbocycles. The summed E-state index contributed by atoms with van der Waals surface area (Å²) in [5, 5.41) is 6.17. The van der Waals surface area contributed by atoms with Crippen molar-refractivity contribution in [3.63, 3.8) is 0 Å². The standard InChI is InChI=1S/C18H18Cl2N2O3S/c1-11(18(24)22-15-9-13(20)5-8-16(15)25-2)26-10-17(23)21-14-6-3-12(19)4-7-14/h3-9,11H,10H2,1-2H3,(H,21,23)(H,22,24). The highest BCUT2D eigenvalue weighted by atomic mass is 35.5. The lowest BCUT2D eigenvalue weighted by Crippen LogP contribution is -2.25. The topological polar surface area (TPSA) is 67.4 Å². The predicted molar refractivity (Wildman–Crippen MR) is 109 cm³/mol. The van der Waals surface area contributed by atoms with Crippen molar-refractivity contribution in [1.29, 1.82) is 0 Å². The fourth-order valence-corrected chi connectivity index (χ4v) is 3.00. The number of thioether (sulfide) groups is 1. The number of ether oxygens (including phenoxy) is 1. The van der Waals surface area contributed by atoms with Crippen LogP contribution in [0.5, 0.6) is 5.75 Å². The SMILES string of the molecule is COc1ccc(Cl)cc1NC(=O)C(C)SCC(=O)Nc1ccc(Cl)cc1. The molecule has 0 radical (unpaired) electrons. The zero-order valence-electron chi connectivity index (χ0n) is 14.2. The molecule has 5 nitrogen and oxygen atoms in total. The van der Waals surface area contributed by atoms with Crippen molar-refractivity contribution in [3.05, 3.63) is 52.5 Å². The fourth-order valence-electron chi connectivity index (χ4n) is 2.02. The molecule has 0 spiro atoms. The third-order valence-corrected chi connectivity index (χ3v) is 5.01. The van der Waals surface area contributed by atoms with Crippen LogP contribution in [0.2, 0.25) is 10.0 Å². The van der Waals surface area contributed by atoms with E-state index in [9.17, 15) is 9.59 Å². The number of halogens is 2. The third-order valence-electron chi connectivity index (χ3n) is 3.38. The average Bonchev–Trinajstić information content (AvgIpc) is 2.61. The molecule has 0 aliphatic rings. The minimum Gasteiger partial charge on any atom is -0.495 e. The van der Waals surface area contributed by atoms with Crippen molar-refractivity contribution in [2.45, 2.75) is 12.2 Å². The molecular weight excluding hydrogens is 395 g/mol. The second kappa shape index (κ2) is 9.71. The van der Waals surface area contributed by atoms with Crippen LogP contribution in [0.1, 0.15) is 6.92 Å². The number of amides is 2. The molecule has 2 aromatic rings. The molecule has 2 N–H and O–H groups in total. The molecule has 2 amide bonds. The van der Waals surface area contributed by atoms with Crippen LogP contribution < -0.4 is 15.4 Å². The molecule has 0 saturated carbocycles. The van der Waals surface area contributed by atoms with Gasteiger partial charge in [0.25, 0.3) is 0 Å². The summed E-state index contributed by atoms with van der Waals surface area (Å²) in [5.74, 6) is 0.219. The molecule has 8 heteroatoms. The minimum atomic E-state index is -0.436. The number of carbonyl (C=O) groups is 2. The quantitative estimate of drug-likeness (QED) is 0.691. The minimum absolute atomic E-state index is 0.143. The molecule has 0 saturated heterocycles. The molecule has 1 atom stereocenters. The van der Waals surface area contributed by atoms with E-state index in [1.807, 2.05) is 0 Å². The Morgan fingerprint density at radius 1 is 1.08 bits per heavy atom. The van der Waals surface area contributed by atoms with Gasteiger partial charge in [-0.2, -0.15) is 0 Å². The van der Waals surface area contributed by atoms with E-state index in [1.54, 1.807) is 49.4 Å². The number of anilines is 2. The van der Waals surface area contributed by atoms with Crippen molar-refractivity contribution in [2.24, 2.45) is 0 Å². The Kier molecular flexibility index (Phi) is 7.63. The number of benzene rings is 2. The summed E-state index contributed by atoms with van der Waals surface area (Å²) in [6.07, 6.45) is 0. The van der Waals surface area contributed by atoms with Crippen LogP contribution in [0.25, 0.3) is 0 Å². The summed E-state index contributed by atoms with van der Waals surface area (Å²) < 4.78 is 5.20. The second-order valence-electron chi connectivity index (χ2n) is 5.34. The van der Waals surface area contributed by atoms with E-state index < -0.39 is 5.25 Å². The Bertz CT molecular complexity index is 785. The van der Waals surface area contributed by atoms with Gasteiger partial charge in [-0.15, -0.1) is 11.8 Å². The Balaban J connectivity index is 1.86. The van der Waals surface area contributed by atoms with Crippen molar-refractivity contribution < 1.29 is 14.3 Å². The molecule has 0 aliphatic heterocycles. The van der Waals surface area contributed by atoms with Gasteiger partial charge in [0, 0.05) is 15.7 Å². The lowest BCUT2D eigenvalue weighted by Gasteiger charge is -2.14. The van der Waals surface area contributed by atoms with Crippen LogP contribution in [0.4, 0.5) is 11.4 Å². The highest BCUT2D eigenvalue weighted by Crippen LogP contribution is 2.28. The molecule has 0 fully saturated rings. The molecule has 0 aromatic heterocycles. The van der Waals surface area contributed by atoms with Crippen LogP contribution >= 0.6 is 35.0 Å². The van der Waals surface area contributed by atoms with E-state index in [-0.39, 0.29) is 17.6 Å². The smallest absolute Gasteiger partial charge is 0.237 e. The highest BCUT2D eigenvalue weighted by molar-refractivity contribution is 8.01. The van der Waals surface area contributed by atoms with Crippen LogP contribution in [0.3, 0.4) is 0 Å². The fraction of sp³-hybridized carbons (Fsp3) is 0.222. The van der Waals surface area contributed by atoms with E-state index in [0.29, 0.717) is 27.2 Å². The normalized spacial score (nSPS) is 11.5. The van der Waals surface area contributed by atoms with E-state index in [1.165, 1.54) is 18.9 Å². The van der Waals surface area contributed by atoms with Gasteiger partial charge in [0.2, 0.25) is 11.8 Å². The van der Waals surface area contributed by atoms with E-state index >= 15 is 0 Å². The second-order valence-corrected chi connectivity index (χ2v) is 7.54. The van der Waals surface area contributed by atoms with Crippen LogP contribution in [0.15, 0.2) is 42.5 Å². The number of nitrogens with one attached hydrogen (secondary N) is 2. The Morgan fingerprint density at radius 3 is 2.38 bits per heavy atom. The highest BCUT2D eigenvalue weighted by Gasteiger charge is 2.17. The predicted octanol–water partition coefficient (Wildman–Crippen LogP) is 4.70. The van der Waals surface area contributed by atoms with Gasteiger partial charge >= 0.3 is 0 Å². The lowest BCUT2D eigenvalue weighted by molar-refractivity contribution is -0.115. The summed E-state index contributed by atoms with van der Waals surface area (Å²) in [6, 6.07) is 11.8. The van der Waals surface area contributed by atoms with Crippen LogP contribution in [0, 0.1) is 0 Å². The first-order valence-electron chi connectivity index (χ1n) is 7.70. The van der Waals surface area contributed by atoms with Crippen molar-refractivity contribution in [2.75, 3.05) is 23.5 Å². The third kappa shape index (κ3) is 6.12. The molecule has 0 aliphatic carbocycles. The maximum atomic E-state index is 12.3. The first-order chi connectivity index (χ1) is 12.4. The Hall–Kier alpha value is -1.89. The van der Waals surface area contributed by atoms with Crippen LogP contribution in [-0.2, 0) is 9.59 Å². The Morgan fingerprint density at radius 2 is 1.73 bits per heavy atom. The van der Waals surface area contributed by atoms with Gasteiger partial charge in [0.1, 0.15) is 5.75 Å². The maximum Gasteiger partial charge on any atom is 0.237 e. The first kappa shape index (κ1) is 20.4. The van der Waals surface area contributed by atoms with Crippen molar-refractivity contribution in [3.8, 4) is 5.75 Å². The van der Waals surface area contributed by atoms with Crippen LogP contribution in [-0.4, -0.2) is 29.9 Å². The molecule has 1 unspecified atom stereocenters. The summed E-state index contributed by atoms with van der Waals surface area (Å²) in [7, 11) is 1.51. The van der Waals surface area contributed by atoms with Gasteiger partial charge in [-0.05, 0) is 49.4 Å². The van der Waals surface area contributed by atoms with Crippen molar-refractivity contribution in [1.82, 2.24) is 0 Å². The zero-order valence-corrected chi connectivity index (χ0v) is 16.5. The monoisotopic (exact) mass is 412 g/mol. The van der Waals surface area contributed by atoms with Crippen molar-refractivity contribution >= 4 is 58.2 Å². The molecule has 138 valence electrons. The molecular formula is C18H18Cl2N2O3S. The van der Waals surface area contributed by atoms with Gasteiger partial charge < -0.3 is 15.4 Å². The lowest BCUT2D eigenvalue weighted by atomic mass is 10.3. The summed E-state index contributed by atoms with van der Waals surface area (Å²) >= 11 is 13.0. The molecule has 0 bridgehead atoms. The average molecular weight is 413 g/mol. The van der Waals surface area contributed by atoms with E-state index in [2.05, 4.69) is 10.6 Å². The number of rotatable bonds is 7. The van der Waals surface area contributed by atoms with Gasteiger partial charge in [0.15, 0.2) is 0 Å². The summed E-state index contributed by atoms with van der Waals surface area (Å²) in [5.41, 5.74) is 1.14. The van der Waals surface area contributed by atoms with Gasteiger partial charge in [0.05, 0.1) is 23.8 Å². The Labute approximate surface area is 166 Å². The molecule has 0 heterocycles. The van der Waals surface area contributed by atoms with Gasteiger partial charge in [-0.1, -0.05) is 23.2 Å². The maximum absolute atomic E-state index is 12.3. The van der Waals surface area contributed by atoms with E-state index in [4.69, 9.17) is 27.9 Å². The molecule has 26 heavy (non-hydrogen) atoms. The molecule has 2 rings (SSSR count). The summed E-state index contributed by atoms with van der Waals surface area (Å²) in [6.45, 7) is 1.73. The largest absolute Gasteiger partial charge is 0.495 e. The van der Waals surface area contributed by atoms with E-state index in [0.717, 1.165) is 0 Å².